The molecular weight excluding hydrogens is 312 g/mol. The van der Waals surface area contributed by atoms with Crippen LogP contribution in [0, 0.1) is 0 Å². The van der Waals surface area contributed by atoms with E-state index in [0.717, 1.165) is 5.56 Å². The lowest BCUT2D eigenvalue weighted by Gasteiger charge is -2.19. The molecule has 0 aliphatic carbocycles. The minimum atomic E-state index is -0.302. The molecule has 2 aromatic rings. The van der Waals surface area contributed by atoms with Gasteiger partial charge >= 0.3 is 0 Å². The van der Waals surface area contributed by atoms with Crippen molar-refractivity contribution in [2.75, 3.05) is 6.61 Å². The molecule has 0 aliphatic heterocycles. The van der Waals surface area contributed by atoms with Crippen molar-refractivity contribution in [2.24, 2.45) is 5.10 Å². The van der Waals surface area contributed by atoms with E-state index in [-0.39, 0.29) is 17.9 Å². The summed E-state index contributed by atoms with van der Waals surface area (Å²) < 4.78 is 5.46. The average Bonchev–Trinajstić information content (AvgIpc) is 2.60. The average molecular weight is 336 g/mol. The molecule has 0 aromatic heterocycles. The van der Waals surface area contributed by atoms with Gasteiger partial charge in [0, 0.05) is 6.21 Å². The van der Waals surface area contributed by atoms with Crippen molar-refractivity contribution < 1.29 is 9.53 Å². The second-order valence-corrected chi connectivity index (χ2v) is 6.65. The Labute approximate surface area is 149 Å². The normalized spacial score (nSPS) is 11.8. The molecule has 2 rings (SSSR count). The number of hydrazone groups is 1. The number of nitrogens with zero attached hydrogens (tertiary/aromatic N) is 1. The third kappa shape index (κ3) is 6.63. The van der Waals surface area contributed by atoms with Gasteiger partial charge in [0.05, 0.1) is 0 Å². The zero-order valence-corrected chi connectivity index (χ0v) is 14.9. The van der Waals surface area contributed by atoms with E-state index in [9.17, 15) is 4.79 Å². The SMILES string of the molecule is CC(C)(C)c1ccc(OCC(=O)NN=C/C=C/c2ccccc2)cc1. The van der Waals surface area contributed by atoms with Crippen LogP contribution in [-0.4, -0.2) is 18.7 Å². The van der Waals surface area contributed by atoms with Gasteiger partial charge in [0.1, 0.15) is 5.75 Å². The molecular formula is C21H24N2O2. The lowest BCUT2D eigenvalue weighted by atomic mass is 9.87. The first-order chi connectivity index (χ1) is 11.9. The molecule has 1 N–H and O–H groups in total. The van der Waals surface area contributed by atoms with E-state index in [1.165, 1.54) is 11.8 Å². The summed E-state index contributed by atoms with van der Waals surface area (Å²) in [6, 6.07) is 17.6. The van der Waals surface area contributed by atoms with Gasteiger partial charge in [-0.15, -0.1) is 0 Å². The molecule has 130 valence electrons. The molecule has 0 saturated carbocycles. The molecule has 25 heavy (non-hydrogen) atoms. The quantitative estimate of drug-likeness (QED) is 0.635. The van der Waals surface area contributed by atoms with Crippen molar-refractivity contribution in [3.8, 4) is 5.75 Å². The molecule has 0 bridgehead atoms. The number of ether oxygens (including phenoxy) is 1. The lowest BCUT2D eigenvalue weighted by molar-refractivity contribution is -0.123. The molecule has 4 nitrogen and oxygen atoms in total. The first-order valence-electron chi connectivity index (χ1n) is 8.22. The van der Waals surface area contributed by atoms with Crippen LogP contribution < -0.4 is 10.2 Å². The number of allylic oxidation sites excluding steroid dienone is 1. The van der Waals surface area contributed by atoms with E-state index in [4.69, 9.17) is 4.74 Å². The van der Waals surface area contributed by atoms with E-state index < -0.39 is 0 Å². The molecule has 1 amide bonds. The Morgan fingerprint density at radius 1 is 1.08 bits per heavy atom. The van der Waals surface area contributed by atoms with Crippen LogP contribution in [0.1, 0.15) is 31.9 Å². The van der Waals surface area contributed by atoms with Gasteiger partial charge in [-0.25, -0.2) is 5.43 Å². The summed E-state index contributed by atoms with van der Waals surface area (Å²) in [5, 5.41) is 3.85. The third-order valence-electron chi connectivity index (χ3n) is 3.53. The van der Waals surface area contributed by atoms with Crippen molar-refractivity contribution in [3.05, 3.63) is 71.8 Å². The molecule has 0 fully saturated rings. The highest BCUT2D eigenvalue weighted by atomic mass is 16.5. The molecule has 2 aromatic carbocycles. The highest BCUT2D eigenvalue weighted by Crippen LogP contribution is 2.24. The van der Waals surface area contributed by atoms with Gasteiger partial charge in [-0.1, -0.05) is 69.3 Å². The van der Waals surface area contributed by atoms with Crippen LogP contribution in [-0.2, 0) is 10.2 Å². The van der Waals surface area contributed by atoms with Crippen LogP contribution in [0.4, 0.5) is 0 Å². The maximum atomic E-state index is 11.7. The van der Waals surface area contributed by atoms with Crippen LogP contribution in [0.25, 0.3) is 6.08 Å². The van der Waals surface area contributed by atoms with Gasteiger partial charge in [0.2, 0.25) is 0 Å². The fraction of sp³-hybridized carbons (Fsp3) is 0.238. The summed E-state index contributed by atoms with van der Waals surface area (Å²) in [4.78, 5) is 11.7. The van der Waals surface area contributed by atoms with Crippen molar-refractivity contribution in [2.45, 2.75) is 26.2 Å². The monoisotopic (exact) mass is 336 g/mol. The number of benzene rings is 2. The summed E-state index contributed by atoms with van der Waals surface area (Å²) in [6.07, 6.45) is 5.20. The fourth-order valence-electron chi connectivity index (χ4n) is 2.10. The molecule has 0 heterocycles. The summed E-state index contributed by atoms with van der Waals surface area (Å²) in [6.45, 7) is 6.39. The molecule has 0 radical (unpaired) electrons. The summed E-state index contributed by atoms with van der Waals surface area (Å²) >= 11 is 0. The Morgan fingerprint density at radius 3 is 2.40 bits per heavy atom. The molecule has 0 saturated heterocycles. The van der Waals surface area contributed by atoms with Crippen LogP contribution in [0.3, 0.4) is 0 Å². The Balaban J connectivity index is 1.73. The van der Waals surface area contributed by atoms with E-state index in [1.54, 1.807) is 6.08 Å². The van der Waals surface area contributed by atoms with Gasteiger partial charge in [-0.05, 0) is 34.8 Å². The zero-order valence-electron chi connectivity index (χ0n) is 14.9. The molecule has 4 heteroatoms. The number of carbonyl (C=O) groups excluding carboxylic acids is 1. The maximum absolute atomic E-state index is 11.7. The zero-order chi connectivity index (χ0) is 18.1. The lowest BCUT2D eigenvalue weighted by Crippen LogP contribution is -2.24. The number of carbonyl (C=O) groups is 1. The summed E-state index contributed by atoms with van der Waals surface area (Å²) in [7, 11) is 0. The predicted molar refractivity (Wildman–Crippen MR) is 103 cm³/mol. The van der Waals surface area contributed by atoms with Crippen molar-refractivity contribution in [3.63, 3.8) is 0 Å². The van der Waals surface area contributed by atoms with Crippen LogP contribution in [0.5, 0.6) is 5.75 Å². The second kappa shape index (κ2) is 8.83. The highest BCUT2D eigenvalue weighted by molar-refractivity contribution is 5.81. The summed E-state index contributed by atoms with van der Waals surface area (Å²) in [5.41, 5.74) is 4.82. The molecule has 0 aliphatic rings. The smallest absolute Gasteiger partial charge is 0.277 e. The Kier molecular flexibility index (Phi) is 6.52. The van der Waals surface area contributed by atoms with Gasteiger partial charge in [0.25, 0.3) is 5.91 Å². The van der Waals surface area contributed by atoms with Gasteiger partial charge in [0.15, 0.2) is 6.61 Å². The van der Waals surface area contributed by atoms with Crippen LogP contribution in [0.2, 0.25) is 0 Å². The Bertz CT molecular complexity index is 727. The highest BCUT2D eigenvalue weighted by Gasteiger charge is 2.13. The maximum Gasteiger partial charge on any atom is 0.277 e. The first kappa shape index (κ1) is 18.5. The van der Waals surface area contributed by atoms with Crippen molar-refractivity contribution in [1.29, 1.82) is 0 Å². The number of hydrogen-bond donors (Lipinski definition) is 1. The van der Waals surface area contributed by atoms with Crippen LogP contribution >= 0.6 is 0 Å². The van der Waals surface area contributed by atoms with Crippen molar-refractivity contribution in [1.82, 2.24) is 5.43 Å². The van der Waals surface area contributed by atoms with E-state index in [0.29, 0.717) is 5.75 Å². The fourth-order valence-corrected chi connectivity index (χ4v) is 2.10. The summed E-state index contributed by atoms with van der Waals surface area (Å²) in [5.74, 6) is 0.361. The molecule has 0 spiro atoms. The standard InChI is InChI=1S/C21H24N2O2/c1-21(2,3)18-11-13-19(14-12-18)25-16-20(24)23-22-15-7-10-17-8-5-4-6-9-17/h4-15H,16H2,1-3H3,(H,23,24)/b10-7+,22-15?. The van der Waals surface area contributed by atoms with E-state index in [1.807, 2.05) is 60.7 Å². The second-order valence-electron chi connectivity index (χ2n) is 6.65. The topological polar surface area (TPSA) is 50.7 Å². The minimum absolute atomic E-state index is 0.0748. The van der Waals surface area contributed by atoms with Crippen molar-refractivity contribution >= 4 is 18.2 Å². The van der Waals surface area contributed by atoms with Gasteiger partial charge in [-0.3, -0.25) is 4.79 Å². The number of amides is 1. The van der Waals surface area contributed by atoms with Gasteiger partial charge < -0.3 is 4.74 Å². The number of nitrogens with one attached hydrogen (secondary N) is 1. The Morgan fingerprint density at radius 2 is 1.76 bits per heavy atom. The number of hydrogen-bond acceptors (Lipinski definition) is 3. The Hall–Kier alpha value is -2.88. The third-order valence-corrected chi connectivity index (χ3v) is 3.53. The molecule has 0 atom stereocenters. The van der Waals surface area contributed by atoms with Crippen LogP contribution in [0.15, 0.2) is 65.8 Å². The largest absolute Gasteiger partial charge is 0.484 e. The first-order valence-corrected chi connectivity index (χ1v) is 8.22. The van der Waals surface area contributed by atoms with E-state index in [2.05, 4.69) is 31.3 Å². The molecule has 0 unspecified atom stereocenters. The predicted octanol–water partition coefficient (Wildman–Crippen LogP) is 4.18. The van der Waals surface area contributed by atoms with Gasteiger partial charge in [-0.2, -0.15) is 5.10 Å². The van der Waals surface area contributed by atoms with E-state index >= 15 is 0 Å². The minimum Gasteiger partial charge on any atom is -0.484 e. The number of rotatable bonds is 6.